The summed E-state index contributed by atoms with van der Waals surface area (Å²) in [7, 11) is 0. The normalized spacial score (nSPS) is 18.3. The minimum absolute atomic E-state index is 0.0776. The number of nitrogens with one attached hydrogen (secondary N) is 2. The number of amides is 2. The van der Waals surface area contributed by atoms with Gasteiger partial charge in [0.15, 0.2) is 10.8 Å². The highest BCUT2D eigenvalue weighted by atomic mass is 35.5. The highest BCUT2D eigenvalue weighted by molar-refractivity contribution is 7.22. The second kappa shape index (κ2) is 9.11. The minimum Gasteiger partial charge on any atom is -0.353 e. The van der Waals surface area contributed by atoms with Gasteiger partial charge in [0.2, 0.25) is 11.8 Å². The topological polar surface area (TPSA) is 109 Å². The summed E-state index contributed by atoms with van der Waals surface area (Å²) in [5, 5.41) is 7.00. The zero-order chi connectivity index (χ0) is 22.9. The van der Waals surface area contributed by atoms with Gasteiger partial charge < -0.3 is 15.5 Å². The first-order valence-electron chi connectivity index (χ1n) is 10.9. The third-order valence-electron chi connectivity index (χ3n) is 5.78. The third-order valence-corrected chi connectivity index (χ3v) is 7.11. The molecule has 2 amide bonds. The zero-order valence-electron chi connectivity index (χ0n) is 17.8. The summed E-state index contributed by atoms with van der Waals surface area (Å²) in [5.74, 6) is -0.327. The molecule has 33 heavy (non-hydrogen) atoms. The fourth-order valence-electron chi connectivity index (χ4n) is 3.92. The molecule has 3 aromatic rings. The predicted octanol–water partition coefficient (Wildman–Crippen LogP) is 2.64. The Labute approximate surface area is 198 Å². The van der Waals surface area contributed by atoms with E-state index >= 15 is 0 Å². The van der Waals surface area contributed by atoms with Crippen LogP contribution in [0, 0.1) is 5.92 Å². The second-order valence-electron chi connectivity index (χ2n) is 8.45. The van der Waals surface area contributed by atoms with Gasteiger partial charge in [-0.2, -0.15) is 4.98 Å². The van der Waals surface area contributed by atoms with E-state index in [1.165, 1.54) is 22.2 Å². The van der Waals surface area contributed by atoms with Gasteiger partial charge in [0.1, 0.15) is 17.6 Å². The van der Waals surface area contributed by atoms with Crippen LogP contribution in [0.5, 0.6) is 0 Å². The van der Waals surface area contributed by atoms with E-state index < -0.39 is 0 Å². The lowest BCUT2D eigenvalue weighted by Crippen LogP contribution is -2.43. The molecule has 0 radical (unpaired) electrons. The number of anilines is 2. The first-order valence-corrected chi connectivity index (χ1v) is 12.1. The number of nitrogens with zero attached hydrogens (tertiary/aromatic N) is 4. The molecule has 5 rings (SSSR count). The first kappa shape index (κ1) is 21.8. The number of hydrogen-bond donors (Lipinski definition) is 2. The van der Waals surface area contributed by atoms with E-state index in [1.54, 1.807) is 24.3 Å². The van der Waals surface area contributed by atoms with E-state index in [2.05, 4.69) is 25.5 Å². The van der Waals surface area contributed by atoms with Gasteiger partial charge in [-0.3, -0.25) is 19.0 Å². The molecule has 0 bridgehead atoms. The lowest BCUT2D eigenvalue weighted by atomic mass is 9.97. The van der Waals surface area contributed by atoms with Gasteiger partial charge in [-0.05, 0) is 43.9 Å². The van der Waals surface area contributed by atoms with E-state index in [-0.39, 0.29) is 29.8 Å². The van der Waals surface area contributed by atoms with Crippen LogP contribution in [-0.2, 0) is 16.1 Å². The van der Waals surface area contributed by atoms with Crippen LogP contribution >= 0.6 is 22.9 Å². The lowest BCUT2D eigenvalue weighted by Gasteiger charge is -2.31. The molecule has 2 fully saturated rings. The molecule has 2 N–H and O–H groups in total. The average molecular weight is 487 g/mol. The van der Waals surface area contributed by atoms with Crippen molar-refractivity contribution in [2.24, 2.45) is 5.92 Å². The van der Waals surface area contributed by atoms with Crippen molar-refractivity contribution in [2.45, 2.75) is 38.3 Å². The largest absolute Gasteiger partial charge is 0.353 e. The molecule has 1 aromatic carbocycles. The molecule has 2 aliphatic rings. The molecule has 1 aliphatic heterocycles. The fraction of sp³-hybridized carbons (Fsp3) is 0.409. The molecule has 1 aliphatic carbocycles. The van der Waals surface area contributed by atoms with Crippen molar-refractivity contribution in [1.82, 2.24) is 19.9 Å². The van der Waals surface area contributed by atoms with Gasteiger partial charge >= 0.3 is 0 Å². The van der Waals surface area contributed by atoms with Crippen molar-refractivity contribution >= 4 is 55.9 Å². The Kier molecular flexibility index (Phi) is 6.03. The van der Waals surface area contributed by atoms with E-state index in [4.69, 9.17) is 11.6 Å². The molecule has 172 valence electrons. The summed E-state index contributed by atoms with van der Waals surface area (Å²) in [6, 6.07) is 7.15. The monoisotopic (exact) mass is 486 g/mol. The van der Waals surface area contributed by atoms with Crippen molar-refractivity contribution in [3.8, 4) is 0 Å². The Morgan fingerprint density at radius 3 is 2.88 bits per heavy atom. The van der Waals surface area contributed by atoms with Crippen LogP contribution < -0.4 is 21.1 Å². The van der Waals surface area contributed by atoms with Gasteiger partial charge in [-0.25, -0.2) is 4.98 Å². The molecule has 11 heteroatoms. The standard InChI is InChI=1S/C22H23ClN6O3S/c23-14-4-1-5-16(9-14)25-17(30)11-29-12-24-19-18(21(29)32)33-22(27-19)28-8-2-3-13(10-28)20(31)26-15-6-7-15/h1,4-5,9,12-13,15H,2-3,6-8,10-11H2,(H,25,30)(H,26,31)/t13-/m0/s1. The number of carbonyl (C=O) groups excluding carboxylic acids is 2. The van der Waals surface area contributed by atoms with Crippen molar-refractivity contribution in [3.63, 3.8) is 0 Å². The summed E-state index contributed by atoms with van der Waals surface area (Å²) in [6.45, 7) is 1.19. The first-order chi connectivity index (χ1) is 16.0. The number of thiazole rings is 1. The van der Waals surface area contributed by atoms with Gasteiger partial charge in [-0.15, -0.1) is 0 Å². The molecule has 9 nitrogen and oxygen atoms in total. The molecule has 0 unspecified atom stereocenters. The molecule has 0 spiro atoms. The number of halogens is 1. The van der Waals surface area contributed by atoms with E-state index in [0.29, 0.717) is 38.8 Å². The maximum Gasteiger partial charge on any atom is 0.273 e. The molecular weight excluding hydrogens is 464 g/mol. The molecule has 1 atom stereocenters. The SMILES string of the molecule is O=C(Cn1cnc2nc(N3CCC[C@H](C(=O)NC4CC4)C3)sc2c1=O)Nc1cccc(Cl)c1. The summed E-state index contributed by atoms with van der Waals surface area (Å²) in [5.41, 5.74) is 0.598. The Morgan fingerprint density at radius 2 is 2.09 bits per heavy atom. The Balaban J connectivity index is 1.30. The molecule has 1 saturated heterocycles. The number of rotatable bonds is 6. The van der Waals surface area contributed by atoms with Crippen molar-refractivity contribution < 1.29 is 9.59 Å². The summed E-state index contributed by atoms with van der Waals surface area (Å²) >= 11 is 7.20. The number of benzene rings is 1. The number of carbonyl (C=O) groups is 2. The van der Waals surface area contributed by atoms with E-state index in [9.17, 15) is 14.4 Å². The van der Waals surface area contributed by atoms with Crippen LogP contribution in [0.25, 0.3) is 10.3 Å². The lowest BCUT2D eigenvalue weighted by molar-refractivity contribution is -0.125. The van der Waals surface area contributed by atoms with E-state index in [1.807, 2.05) is 0 Å². The van der Waals surface area contributed by atoms with Crippen molar-refractivity contribution in [1.29, 1.82) is 0 Å². The van der Waals surface area contributed by atoms with Crippen LogP contribution in [0.4, 0.5) is 10.8 Å². The van der Waals surface area contributed by atoms with Gasteiger partial charge in [0.25, 0.3) is 5.56 Å². The van der Waals surface area contributed by atoms with Crippen molar-refractivity contribution in [2.75, 3.05) is 23.3 Å². The summed E-state index contributed by atoms with van der Waals surface area (Å²) in [4.78, 5) is 48.8. The van der Waals surface area contributed by atoms with Crippen LogP contribution in [0.1, 0.15) is 25.7 Å². The highest BCUT2D eigenvalue weighted by Crippen LogP contribution is 2.30. The maximum atomic E-state index is 13.0. The maximum absolute atomic E-state index is 13.0. The third kappa shape index (κ3) is 5.01. The van der Waals surface area contributed by atoms with Crippen LogP contribution in [0.3, 0.4) is 0 Å². The Morgan fingerprint density at radius 1 is 1.24 bits per heavy atom. The predicted molar refractivity (Wildman–Crippen MR) is 128 cm³/mol. The van der Waals surface area contributed by atoms with Crippen LogP contribution in [0.2, 0.25) is 5.02 Å². The smallest absolute Gasteiger partial charge is 0.273 e. The Hall–Kier alpha value is -2.98. The fourth-order valence-corrected chi connectivity index (χ4v) is 5.11. The number of piperidine rings is 1. The number of fused-ring (bicyclic) bond motifs is 1. The number of hydrogen-bond acceptors (Lipinski definition) is 7. The minimum atomic E-state index is -0.356. The van der Waals surface area contributed by atoms with Crippen LogP contribution in [-0.4, -0.2) is 45.5 Å². The van der Waals surface area contributed by atoms with Gasteiger partial charge in [-0.1, -0.05) is 29.0 Å². The Bertz CT molecular complexity index is 1270. The highest BCUT2D eigenvalue weighted by Gasteiger charge is 2.31. The molecule has 1 saturated carbocycles. The summed E-state index contributed by atoms with van der Waals surface area (Å²) < 4.78 is 1.67. The summed E-state index contributed by atoms with van der Waals surface area (Å²) in [6.07, 6.45) is 5.21. The zero-order valence-corrected chi connectivity index (χ0v) is 19.4. The number of aromatic nitrogens is 3. The van der Waals surface area contributed by atoms with Gasteiger partial charge in [0.05, 0.1) is 5.92 Å². The second-order valence-corrected chi connectivity index (χ2v) is 9.87. The van der Waals surface area contributed by atoms with Gasteiger partial charge in [0, 0.05) is 29.8 Å². The average Bonchev–Trinajstić information content (AvgIpc) is 3.50. The molecular formula is C22H23ClN6O3S. The van der Waals surface area contributed by atoms with Crippen LogP contribution in [0.15, 0.2) is 35.4 Å². The van der Waals surface area contributed by atoms with Crippen molar-refractivity contribution in [3.05, 3.63) is 46.0 Å². The molecule has 3 heterocycles. The quantitative estimate of drug-likeness (QED) is 0.554. The molecule has 2 aromatic heterocycles. The van der Waals surface area contributed by atoms with E-state index in [0.717, 1.165) is 32.2 Å².